The molecule has 1 saturated carbocycles. The maximum atomic E-state index is 12.4. The number of anilines is 1. The highest BCUT2D eigenvalue weighted by Crippen LogP contribution is 2.28. The quantitative estimate of drug-likeness (QED) is 0.823. The van der Waals surface area contributed by atoms with Gasteiger partial charge in [0.05, 0.1) is 11.7 Å². The van der Waals surface area contributed by atoms with Crippen LogP contribution in [0.25, 0.3) is 11.3 Å². The minimum Gasteiger partial charge on any atom is -0.392 e. The number of aromatic amines is 1. The number of H-pyrrole nitrogens is 1. The lowest BCUT2D eigenvalue weighted by atomic mass is 10.1. The summed E-state index contributed by atoms with van der Waals surface area (Å²) >= 11 is 0. The van der Waals surface area contributed by atoms with Gasteiger partial charge < -0.3 is 5.73 Å². The Balaban J connectivity index is 1.99. The number of nitrogens with one attached hydrogen (secondary N) is 1. The van der Waals surface area contributed by atoms with Crippen LogP contribution in [0.1, 0.15) is 44.6 Å². The summed E-state index contributed by atoms with van der Waals surface area (Å²) in [5.74, 6) is 0. The number of hydrogen-bond donors (Lipinski definition) is 2. The van der Waals surface area contributed by atoms with Crippen LogP contribution in [0.2, 0.25) is 0 Å². The molecule has 0 saturated heterocycles. The minimum atomic E-state index is -0.0734. The van der Waals surface area contributed by atoms with Crippen LogP contribution in [-0.2, 0) is 0 Å². The predicted octanol–water partition coefficient (Wildman–Crippen LogP) is 3.32. The smallest absolute Gasteiger partial charge is 0.290 e. The van der Waals surface area contributed by atoms with E-state index in [9.17, 15) is 4.79 Å². The van der Waals surface area contributed by atoms with Crippen molar-refractivity contribution < 1.29 is 0 Å². The normalized spacial score (nSPS) is 17.0. The highest BCUT2D eigenvalue weighted by Gasteiger charge is 2.20. The Labute approximate surface area is 118 Å². The third kappa shape index (κ3) is 2.38. The van der Waals surface area contributed by atoms with E-state index in [1.54, 1.807) is 4.68 Å². The molecule has 106 valence electrons. The van der Waals surface area contributed by atoms with Gasteiger partial charge in [-0.05, 0) is 12.8 Å². The van der Waals surface area contributed by atoms with Crippen LogP contribution in [0.5, 0.6) is 0 Å². The van der Waals surface area contributed by atoms with Crippen molar-refractivity contribution >= 4 is 5.69 Å². The summed E-state index contributed by atoms with van der Waals surface area (Å²) in [4.78, 5) is 12.4. The SMILES string of the molecule is Nc1c(-c2ccccc2)[nH]n(C2CCCCCC2)c1=O. The monoisotopic (exact) mass is 271 g/mol. The van der Waals surface area contributed by atoms with Crippen molar-refractivity contribution in [1.29, 1.82) is 0 Å². The number of hydrogen-bond acceptors (Lipinski definition) is 2. The molecule has 1 aliphatic rings. The van der Waals surface area contributed by atoms with Crippen LogP contribution >= 0.6 is 0 Å². The first-order valence-electron chi connectivity index (χ1n) is 7.43. The molecule has 0 spiro atoms. The van der Waals surface area contributed by atoms with Crippen LogP contribution < -0.4 is 11.3 Å². The number of nitrogens with zero attached hydrogens (tertiary/aromatic N) is 1. The maximum absolute atomic E-state index is 12.4. The molecule has 0 atom stereocenters. The third-order valence-corrected chi connectivity index (χ3v) is 4.20. The summed E-state index contributed by atoms with van der Waals surface area (Å²) in [6, 6.07) is 10.1. The second-order valence-corrected chi connectivity index (χ2v) is 5.59. The van der Waals surface area contributed by atoms with Gasteiger partial charge in [-0.3, -0.25) is 9.89 Å². The molecule has 0 amide bonds. The van der Waals surface area contributed by atoms with Crippen LogP contribution in [-0.4, -0.2) is 9.78 Å². The Hall–Kier alpha value is -1.97. The van der Waals surface area contributed by atoms with Gasteiger partial charge in [-0.25, -0.2) is 4.68 Å². The highest BCUT2D eigenvalue weighted by molar-refractivity contribution is 5.71. The van der Waals surface area contributed by atoms with E-state index in [0.717, 1.165) is 24.1 Å². The Bertz CT molecular complexity index is 619. The van der Waals surface area contributed by atoms with Gasteiger partial charge >= 0.3 is 0 Å². The van der Waals surface area contributed by atoms with E-state index in [-0.39, 0.29) is 11.6 Å². The molecule has 1 fully saturated rings. The van der Waals surface area contributed by atoms with Crippen LogP contribution in [0.15, 0.2) is 35.1 Å². The lowest BCUT2D eigenvalue weighted by molar-refractivity contribution is 0.397. The average molecular weight is 271 g/mol. The predicted molar refractivity (Wildman–Crippen MR) is 81.6 cm³/mol. The van der Waals surface area contributed by atoms with Crippen molar-refractivity contribution in [2.75, 3.05) is 5.73 Å². The fourth-order valence-corrected chi connectivity index (χ4v) is 3.07. The molecule has 3 N–H and O–H groups in total. The van der Waals surface area contributed by atoms with E-state index >= 15 is 0 Å². The third-order valence-electron chi connectivity index (χ3n) is 4.20. The van der Waals surface area contributed by atoms with E-state index in [1.165, 1.54) is 25.7 Å². The van der Waals surface area contributed by atoms with Crippen molar-refractivity contribution in [2.45, 2.75) is 44.6 Å². The van der Waals surface area contributed by atoms with Gasteiger partial charge in [-0.2, -0.15) is 0 Å². The Morgan fingerprint density at radius 2 is 1.70 bits per heavy atom. The molecule has 1 heterocycles. The van der Waals surface area contributed by atoms with E-state index < -0.39 is 0 Å². The molecule has 4 heteroatoms. The first-order valence-corrected chi connectivity index (χ1v) is 7.43. The number of rotatable bonds is 2. The molecule has 3 rings (SSSR count). The van der Waals surface area contributed by atoms with Gasteiger partial charge in [-0.15, -0.1) is 0 Å². The second-order valence-electron chi connectivity index (χ2n) is 5.59. The molecule has 1 aromatic heterocycles. The van der Waals surface area contributed by atoms with Crippen molar-refractivity contribution in [3.05, 3.63) is 40.7 Å². The topological polar surface area (TPSA) is 63.8 Å². The average Bonchev–Trinajstić information content (AvgIpc) is 2.69. The number of nitrogen functional groups attached to an aromatic ring is 1. The molecule has 0 bridgehead atoms. The summed E-state index contributed by atoms with van der Waals surface area (Å²) in [6.45, 7) is 0. The van der Waals surface area contributed by atoms with Crippen LogP contribution in [0.4, 0.5) is 5.69 Å². The Morgan fingerprint density at radius 1 is 1.05 bits per heavy atom. The Kier molecular flexibility index (Phi) is 3.63. The molecular weight excluding hydrogens is 250 g/mol. The largest absolute Gasteiger partial charge is 0.392 e. The number of benzene rings is 1. The zero-order chi connectivity index (χ0) is 13.9. The van der Waals surface area contributed by atoms with Gasteiger partial charge in [0, 0.05) is 5.56 Å². The van der Waals surface area contributed by atoms with Crippen LogP contribution in [0.3, 0.4) is 0 Å². The van der Waals surface area contributed by atoms with Gasteiger partial charge in [0.15, 0.2) is 0 Å². The Morgan fingerprint density at radius 3 is 2.35 bits per heavy atom. The van der Waals surface area contributed by atoms with Gasteiger partial charge in [-0.1, -0.05) is 56.0 Å². The minimum absolute atomic E-state index is 0.0734. The van der Waals surface area contributed by atoms with E-state index in [4.69, 9.17) is 5.73 Å². The van der Waals surface area contributed by atoms with Gasteiger partial charge in [0.2, 0.25) is 0 Å². The molecule has 4 nitrogen and oxygen atoms in total. The molecule has 1 aromatic carbocycles. The molecule has 0 aliphatic heterocycles. The fourth-order valence-electron chi connectivity index (χ4n) is 3.07. The molecular formula is C16H21N3O. The van der Waals surface area contributed by atoms with Crippen molar-refractivity contribution in [3.8, 4) is 11.3 Å². The zero-order valence-electron chi connectivity index (χ0n) is 11.6. The molecule has 0 unspecified atom stereocenters. The van der Waals surface area contributed by atoms with Gasteiger partial charge in [0.25, 0.3) is 5.56 Å². The summed E-state index contributed by atoms with van der Waals surface area (Å²) in [5.41, 5.74) is 7.99. The maximum Gasteiger partial charge on any atom is 0.290 e. The zero-order valence-corrected chi connectivity index (χ0v) is 11.6. The van der Waals surface area contributed by atoms with E-state index in [2.05, 4.69) is 5.10 Å². The summed E-state index contributed by atoms with van der Waals surface area (Å²) in [5, 5.41) is 3.24. The summed E-state index contributed by atoms with van der Waals surface area (Å²) in [6.07, 6.45) is 7.05. The van der Waals surface area contributed by atoms with E-state index in [1.807, 2.05) is 30.3 Å². The first kappa shape index (κ1) is 13.0. The molecule has 2 aromatic rings. The number of nitrogens with two attached hydrogens (primary N) is 1. The van der Waals surface area contributed by atoms with Crippen molar-refractivity contribution in [1.82, 2.24) is 9.78 Å². The summed E-state index contributed by atoms with van der Waals surface area (Å²) in [7, 11) is 0. The molecule has 1 aliphatic carbocycles. The van der Waals surface area contributed by atoms with Gasteiger partial charge in [0.1, 0.15) is 5.69 Å². The lowest BCUT2D eigenvalue weighted by Crippen LogP contribution is -2.23. The second kappa shape index (κ2) is 5.57. The van der Waals surface area contributed by atoms with E-state index in [0.29, 0.717) is 5.69 Å². The fraction of sp³-hybridized carbons (Fsp3) is 0.438. The first-order chi connectivity index (χ1) is 9.77. The van der Waals surface area contributed by atoms with Crippen LogP contribution in [0, 0.1) is 0 Å². The molecule has 20 heavy (non-hydrogen) atoms. The number of aromatic nitrogens is 2. The highest BCUT2D eigenvalue weighted by atomic mass is 16.1. The standard InChI is InChI=1S/C16H21N3O/c17-14-15(12-8-4-3-5-9-12)18-19(16(14)20)13-10-6-1-2-7-11-13/h3-5,8-9,13,18H,1-2,6-7,10-11,17H2. The van der Waals surface area contributed by atoms with Crippen molar-refractivity contribution in [3.63, 3.8) is 0 Å². The molecule has 0 radical (unpaired) electrons. The van der Waals surface area contributed by atoms with Crippen molar-refractivity contribution in [2.24, 2.45) is 0 Å². The summed E-state index contributed by atoms with van der Waals surface area (Å²) < 4.78 is 1.75. The lowest BCUT2D eigenvalue weighted by Gasteiger charge is -2.14.